The third-order valence-corrected chi connectivity index (χ3v) is 4.28. The third kappa shape index (κ3) is 4.19. The summed E-state index contributed by atoms with van der Waals surface area (Å²) in [4.78, 5) is 17.3. The van der Waals surface area contributed by atoms with Crippen molar-refractivity contribution >= 4 is 50.6 Å². The number of halogens is 2. The lowest BCUT2D eigenvalue weighted by atomic mass is 10.2. The third-order valence-electron chi connectivity index (χ3n) is 2.47. The molecule has 4 nitrogen and oxygen atoms in total. The molecule has 2 aromatic rings. The minimum Gasteiger partial charge on any atom is -0.370 e. The lowest BCUT2D eigenvalue weighted by Gasteiger charge is -2.07. The van der Waals surface area contributed by atoms with Gasteiger partial charge in [0.25, 0.3) is 5.91 Å². The largest absolute Gasteiger partial charge is 0.370 e. The first-order valence-corrected chi connectivity index (χ1v) is 8.01. The normalized spacial score (nSPS) is 10.3. The molecule has 1 amide bonds. The van der Waals surface area contributed by atoms with Crippen LogP contribution in [0.5, 0.6) is 0 Å². The predicted molar refractivity (Wildman–Crippen MR) is 86.6 cm³/mol. The fourth-order valence-corrected chi connectivity index (χ4v) is 3.25. The van der Waals surface area contributed by atoms with Gasteiger partial charge >= 0.3 is 0 Å². The number of nitrogens with zero attached hydrogens (tertiary/aromatic N) is 1. The summed E-state index contributed by atoms with van der Waals surface area (Å²) in [5.74, 6) is 0.432. The van der Waals surface area contributed by atoms with E-state index in [0.717, 1.165) is 15.2 Å². The van der Waals surface area contributed by atoms with Crippen molar-refractivity contribution in [3.05, 3.63) is 43.6 Å². The molecule has 0 saturated heterocycles. The van der Waals surface area contributed by atoms with E-state index in [9.17, 15) is 4.79 Å². The van der Waals surface area contributed by atoms with Crippen LogP contribution in [0.4, 0.5) is 5.82 Å². The van der Waals surface area contributed by atoms with Crippen molar-refractivity contribution in [3.8, 4) is 0 Å². The van der Waals surface area contributed by atoms with Crippen LogP contribution in [-0.4, -0.2) is 17.4 Å². The summed E-state index contributed by atoms with van der Waals surface area (Å²) in [6, 6.07) is 7.18. The first-order valence-electron chi connectivity index (χ1n) is 6.02. The van der Waals surface area contributed by atoms with Gasteiger partial charge in [0.05, 0.1) is 10.3 Å². The Labute approximate surface area is 134 Å². The lowest BCUT2D eigenvalue weighted by molar-refractivity contribution is 0.0951. The van der Waals surface area contributed by atoms with Gasteiger partial charge in [0.1, 0.15) is 11.0 Å². The van der Waals surface area contributed by atoms with E-state index >= 15 is 0 Å². The number of thiophene rings is 1. The number of pyridine rings is 1. The van der Waals surface area contributed by atoms with Crippen molar-refractivity contribution in [1.82, 2.24) is 10.3 Å². The van der Waals surface area contributed by atoms with Gasteiger partial charge in [-0.05, 0) is 47.1 Å². The minimum atomic E-state index is -0.169. The second kappa shape index (κ2) is 7.06. The molecule has 0 aliphatic rings. The first-order chi connectivity index (χ1) is 9.58. The monoisotopic (exact) mass is 373 g/mol. The van der Waals surface area contributed by atoms with Crippen molar-refractivity contribution in [2.45, 2.75) is 13.5 Å². The Hall–Kier alpha value is -1.11. The highest BCUT2D eigenvalue weighted by atomic mass is 79.9. The van der Waals surface area contributed by atoms with Gasteiger partial charge in [0.2, 0.25) is 0 Å². The standard InChI is InChI=1S/C13H13BrClN3OS/c1-2-16-12-6-8(5-11(15)18-12)13(19)17-7-9-3-4-10(14)20-9/h3-6H,2,7H2,1H3,(H,16,18)(H,17,19). The highest BCUT2D eigenvalue weighted by Gasteiger charge is 2.09. The van der Waals surface area contributed by atoms with E-state index in [4.69, 9.17) is 11.6 Å². The molecule has 0 radical (unpaired) electrons. The first kappa shape index (κ1) is 15.3. The van der Waals surface area contributed by atoms with Crippen LogP contribution in [-0.2, 0) is 6.54 Å². The average Bonchev–Trinajstić information content (AvgIpc) is 2.81. The molecule has 106 valence electrons. The summed E-state index contributed by atoms with van der Waals surface area (Å²) in [5.41, 5.74) is 0.497. The summed E-state index contributed by atoms with van der Waals surface area (Å²) in [6.07, 6.45) is 0. The number of hydrogen-bond donors (Lipinski definition) is 2. The van der Waals surface area contributed by atoms with Crippen LogP contribution >= 0.6 is 38.9 Å². The Morgan fingerprint density at radius 2 is 2.25 bits per heavy atom. The number of carbonyl (C=O) groups excluding carboxylic acids is 1. The van der Waals surface area contributed by atoms with Crippen LogP contribution in [0.25, 0.3) is 0 Å². The topological polar surface area (TPSA) is 54.0 Å². The zero-order valence-corrected chi connectivity index (χ0v) is 13.9. The lowest BCUT2D eigenvalue weighted by Crippen LogP contribution is -2.22. The molecule has 2 rings (SSSR count). The summed E-state index contributed by atoms with van der Waals surface area (Å²) < 4.78 is 1.04. The second-order valence-corrected chi connectivity index (χ2v) is 6.92. The summed E-state index contributed by atoms with van der Waals surface area (Å²) >= 11 is 10.9. The highest BCUT2D eigenvalue weighted by Crippen LogP contribution is 2.22. The predicted octanol–water partition coefficient (Wildman–Crippen LogP) is 3.92. The van der Waals surface area contributed by atoms with E-state index in [2.05, 4.69) is 31.5 Å². The van der Waals surface area contributed by atoms with Crippen LogP contribution in [0.1, 0.15) is 22.2 Å². The van der Waals surface area contributed by atoms with Crippen LogP contribution in [0.2, 0.25) is 5.15 Å². The van der Waals surface area contributed by atoms with Gasteiger partial charge in [-0.3, -0.25) is 4.79 Å². The molecule has 0 saturated carbocycles. The molecule has 0 aliphatic heterocycles. The van der Waals surface area contributed by atoms with Crippen LogP contribution in [0.3, 0.4) is 0 Å². The number of amides is 1. The number of rotatable bonds is 5. The Morgan fingerprint density at radius 1 is 1.45 bits per heavy atom. The molecule has 20 heavy (non-hydrogen) atoms. The number of carbonyl (C=O) groups is 1. The Bertz CT molecular complexity index is 617. The summed E-state index contributed by atoms with van der Waals surface area (Å²) in [5, 5.41) is 6.20. The van der Waals surface area contributed by atoms with Crippen LogP contribution < -0.4 is 10.6 Å². The molecular weight excluding hydrogens is 362 g/mol. The van der Waals surface area contributed by atoms with Gasteiger partial charge in [-0.25, -0.2) is 4.98 Å². The number of hydrogen-bond acceptors (Lipinski definition) is 4. The molecule has 2 heterocycles. The van der Waals surface area contributed by atoms with Gasteiger partial charge in [-0.2, -0.15) is 0 Å². The fraction of sp³-hybridized carbons (Fsp3) is 0.231. The SMILES string of the molecule is CCNc1cc(C(=O)NCc2ccc(Br)s2)cc(Cl)n1. The van der Waals surface area contributed by atoms with E-state index in [0.29, 0.717) is 23.1 Å². The smallest absolute Gasteiger partial charge is 0.251 e. The summed E-state index contributed by atoms with van der Waals surface area (Å²) in [6.45, 7) is 3.17. The van der Waals surface area contributed by atoms with E-state index in [-0.39, 0.29) is 5.91 Å². The molecule has 0 atom stereocenters. The molecule has 2 N–H and O–H groups in total. The van der Waals surface area contributed by atoms with Crippen molar-refractivity contribution < 1.29 is 4.79 Å². The Morgan fingerprint density at radius 3 is 2.90 bits per heavy atom. The fourth-order valence-electron chi connectivity index (χ4n) is 1.62. The van der Waals surface area contributed by atoms with Crippen molar-refractivity contribution in [2.75, 3.05) is 11.9 Å². The van der Waals surface area contributed by atoms with Gasteiger partial charge in [-0.1, -0.05) is 11.6 Å². The molecule has 7 heteroatoms. The van der Waals surface area contributed by atoms with Crippen molar-refractivity contribution in [3.63, 3.8) is 0 Å². The van der Waals surface area contributed by atoms with E-state index < -0.39 is 0 Å². The highest BCUT2D eigenvalue weighted by molar-refractivity contribution is 9.11. The van der Waals surface area contributed by atoms with E-state index in [1.165, 1.54) is 0 Å². The Balaban J connectivity index is 2.04. The second-order valence-electron chi connectivity index (χ2n) is 3.98. The van der Waals surface area contributed by atoms with Crippen molar-refractivity contribution in [2.24, 2.45) is 0 Å². The number of aromatic nitrogens is 1. The number of anilines is 1. The van der Waals surface area contributed by atoms with Crippen LogP contribution in [0.15, 0.2) is 28.1 Å². The average molecular weight is 375 g/mol. The molecule has 0 spiro atoms. The molecule has 0 aliphatic carbocycles. The molecule has 0 unspecified atom stereocenters. The molecule has 0 bridgehead atoms. The maximum atomic E-state index is 12.1. The van der Waals surface area contributed by atoms with Gasteiger partial charge in [0.15, 0.2) is 0 Å². The molecular formula is C13H13BrClN3OS. The van der Waals surface area contributed by atoms with Gasteiger partial charge in [-0.15, -0.1) is 11.3 Å². The minimum absolute atomic E-state index is 0.169. The zero-order chi connectivity index (χ0) is 14.5. The molecule has 0 fully saturated rings. The number of nitrogens with one attached hydrogen (secondary N) is 2. The zero-order valence-electron chi connectivity index (χ0n) is 10.7. The van der Waals surface area contributed by atoms with E-state index in [1.54, 1.807) is 23.5 Å². The summed E-state index contributed by atoms with van der Waals surface area (Å²) in [7, 11) is 0. The quantitative estimate of drug-likeness (QED) is 0.780. The maximum absolute atomic E-state index is 12.1. The van der Waals surface area contributed by atoms with Crippen molar-refractivity contribution in [1.29, 1.82) is 0 Å². The molecule has 0 aromatic carbocycles. The Kier molecular flexibility index (Phi) is 5.39. The maximum Gasteiger partial charge on any atom is 0.251 e. The van der Waals surface area contributed by atoms with E-state index in [1.807, 2.05) is 19.1 Å². The van der Waals surface area contributed by atoms with Crippen LogP contribution in [0, 0.1) is 0 Å². The molecule has 2 aromatic heterocycles. The van der Waals surface area contributed by atoms with Gasteiger partial charge < -0.3 is 10.6 Å². The van der Waals surface area contributed by atoms with Gasteiger partial charge in [0, 0.05) is 17.0 Å².